The number of piperidine rings is 1. The summed E-state index contributed by atoms with van der Waals surface area (Å²) >= 11 is 0. The Kier molecular flexibility index (Phi) is 4.69. The second-order valence-electron chi connectivity index (χ2n) is 6.04. The molecule has 1 aliphatic rings. The minimum Gasteiger partial charge on any atom is -0.472 e. The molecule has 0 N–H and O–H groups in total. The molecule has 0 spiro atoms. The van der Waals surface area contributed by atoms with E-state index in [4.69, 9.17) is 4.42 Å². The van der Waals surface area contributed by atoms with Crippen LogP contribution in [-0.4, -0.2) is 42.0 Å². The lowest BCUT2D eigenvalue weighted by Crippen LogP contribution is -2.49. The number of nitrogens with zero attached hydrogens (tertiary/aromatic N) is 3. The van der Waals surface area contributed by atoms with Crippen LogP contribution in [0, 0.1) is 0 Å². The summed E-state index contributed by atoms with van der Waals surface area (Å²) in [5, 5.41) is 0. The molecule has 2 aromatic heterocycles. The van der Waals surface area contributed by atoms with Crippen molar-refractivity contribution in [2.24, 2.45) is 0 Å². The highest BCUT2D eigenvalue weighted by Crippen LogP contribution is 2.36. The molecule has 1 unspecified atom stereocenters. The molecule has 0 bridgehead atoms. The molecule has 3 rings (SSSR count). The van der Waals surface area contributed by atoms with E-state index >= 15 is 0 Å². The maximum atomic E-state index is 13.2. The summed E-state index contributed by atoms with van der Waals surface area (Å²) in [5.74, 6) is -0.290. The Morgan fingerprint density at radius 1 is 1.40 bits per heavy atom. The molecule has 8 heteroatoms. The van der Waals surface area contributed by atoms with Crippen LogP contribution in [0.15, 0.2) is 41.3 Å². The van der Waals surface area contributed by atoms with Crippen molar-refractivity contribution in [2.75, 3.05) is 25.0 Å². The zero-order valence-electron chi connectivity index (χ0n) is 13.7. The molecule has 134 valence electrons. The van der Waals surface area contributed by atoms with E-state index in [1.54, 1.807) is 18.0 Å². The Morgan fingerprint density at radius 2 is 2.20 bits per heavy atom. The Morgan fingerprint density at radius 3 is 2.88 bits per heavy atom. The Labute approximate surface area is 143 Å². The molecule has 1 atom stereocenters. The van der Waals surface area contributed by atoms with Crippen LogP contribution < -0.4 is 4.90 Å². The third-order valence-corrected chi connectivity index (χ3v) is 4.43. The van der Waals surface area contributed by atoms with Crippen LogP contribution in [0.1, 0.15) is 28.8 Å². The number of likely N-dealkylation sites (tertiary alicyclic amines) is 1. The number of furan rings is 1. The number of hydrogen-bond acceptors (Lipinski definition) is 4. The molecule has 5 nitrogen and oxygen atoms in total. The topological polar surface area (TPSA) is 49.6 Å². The highest BCUT2D eigenvalue weighted by molar-refractivity contribution is 5.93. The smallest absolute Gasteiger partial charge is 0.419 e. The summed E-state index contributed by atoms with van der Waals surface area (Å²) in [6, 6.07) is 3.64. The number of aromatic nitrogens is 1. The number of rotatable bonds is 3. The van der Waals surface area contributed by atoms with E-state index in [0.29, 0.717) is 31.5 Å². The lowest BCUT2D eigenvalue weighted by atomic mass is 10.0. The molecule has 3 heterocycles. The van der Waals surface area contributed by atoms with Gasteiger partial charge in [0, 0.05) is 32.4 Å². The molecule has 0 aromatic carbocycles. The number of carbonyl (C=O) groups excluding carboxylic acids is 1. The predicted octanol–water partition coefficient (Wildman–Crippen LogP) is 3.43. The molecule has 0 radical (unpaired) electrons. The second kappa shape index (κ2) is 6.78. The van der Waals surface area contributed by atoms with Crippen LogP contribution in [0.5, 0.6) is 0 Å². The lowest BCUT2D eigenvalue weighted by molar-refractivity contribution is -0.137. The number of likely N-dealkylation sites (N-methyl/N-ethyl adjacent to an activating group) is 1. The predicted molar refractivity (Wildman–Crippen MR) is 85.3 cm³/mol. The van der Waals surface area contributed by atoms with Gasteiger partial charge in [-0.3, -0.25) is 4.79 Å². The van der Waals surface area contributed by atoms with E-state index in [9.17, 15) is 18.0 Å². The van der Waals surface area contributed by atoms with Crippen LogP contribution >= 0.6 is 0 Å². The lowest BCUT2D eigenvalue weighted by Gasteiger charge is -2.38. The standard InChI is InChI=1S/C17H18F3N3O2/c1-22(15-14(17(18,19)20)5-2-7-21-15)13-4-3-8-23(10-13)16(24)12-6-9-25-11-12/h2,5-7,9,11,13H,3-4,8,10H2,1H3. The molecule has 1 aliphatic heterocycles. The van der Waals surface area contributed by atoms with Gasteiger partial charge in [0.25, 0.3) is 5.91 Å². The van der Waals surface area contributed by atoms with Crippen LogP contribution in [0.25, 0.3) is 0 Å². The molecule has 25 heavy (non-hydrogen) atoms. The van der Waals surface area contributed by atoms with Gasteiger partial charge in [-0.1, -0.05) is 0 Å². The third-order valence-electron chi connectivity index (χ3n) is 4.43. The van der Waals surface area contributed by atoms with Crippen molar-refractivity contribution in [3.63, 3.8) is 0 Å². The monoisotopic (exact) mass is 353 g/mol. The first-order valence-corrected chi connectivity index (χ1v) is 7.94. The van der Waals surface area contributed by atoms with Gasteiger partial charge >= 0.3 is 6.18 Å². The number of carbonyl (C=O) groups is 1. The normalized spacial score (nSPS) is 18.2. The molecule has 1 saturated heterocycles. The maximum Gasteiger partial charge on any atom is 0.419 e. The minimum absolute atomic E-state index is 0.113. The highest BCUT2D eigenvalue weighted by Gasteiger charge is 2.37. The number of anilines is 1. The SMILES string of the molecule is CN(c1ncccc1C(F)(F)F)C1CCCN(C(=O)c2ccoc2)C1. The minimum atomic E-state index is -4.47. The molecule has 0 aliphatic carbocycles. The van der Waals surface area contributed by atoms with Gasteiger partial charge in [-0.05, 0) is 31.0 Å². The maximum absolute atomic E-state index is 13.2. The summed E-state index contributed by atoms with van der Waals surface area (Å²) in [6.07, 6.45) is 1.07. The molecule has 1 amide bonds. The number of pyridine rings is 1. The van der Waals surface area contributed by atoms with Gasteiger partial charge in [0.1, 0.15) is 12.1 Å². The largest absolute Gasteiger partial charge is 0.472 e. The van der Waals surface area contributed by atoms with Crippen LogP contribution in [-0.2, 0) is 6.18 Å². The van der Waals surface area contributed by atoms with Gasteiger partial charge in [-0.15, -0.1) is 0 Å². The first-order valence-electron chi connectivity index (χ1n) is 7.94. The Hall–Kier alpha value is -2.51. The first-order chi connectivity index (χ1) is 11.9. The highest BCUT2D eigenvalue weighted by atomic mass is 19.4. The van der Waals surface area contributed by atoms with Crippen molar-refractivity contribution in [3.05, 3.63) is 48.0 Å². The van der Waals surface area contributed by atoms with Gasteiger partial charge in [0.15, 0.2) is 0 Å². The van der Waals surface area contributed by atoms with E-state index in [1.807, 2.05) is 0 Å². The van der Waals surface area contributed by atoms with Gasteiger partial charge in [-0.25, -0.2) is 4.98 Å². The number of halogens is 3. The summed E-state index contributed by atoms with van der Waals surface area (Å²) in [7, 11) is 1.59. The van der Waals surface area contributed by atoms with Crippen LogP contribution in [0.4, 0.5) is 19.0 Å². The van der Waals surface area contributed by atoms with Crippen molar-refractivity contribution in [2.45, 2.75) is 25.1 Å². The fourth-order valence-electron chi connectivity index (χ4n) is 3.10. The van der Waals surface area contributed by atoms with E-state index in [1.165, 1.54) is 29.7 Å². The number of hydrogen-bond donors (Lipinski definition) is 0. The second-order valence-corrected chi connectivity index (χ2v) is 6.04. The summed E-state index contributed by atoms with van der Waals surface area (Å²) in [4.78, 5) is 19.5. The van der Waals surface area contributed by atoms with Crippen molar-refractivity contribution in [1.82, 2.24) is 9.88 Å². The number of amides is 1. The Bertz CT molecular complexity index is 731. The van der Waals surface area contributed by atoms with Gasteiger partial charge < -0.3 is 14.2 Å². The molecule has 0 saturated carbocycles. The van der Waals surface area contributed by atoms with Crippen molar-refractivity contribution in [3.8, 4) is 0 Å². The Balaban J connectivity index is 1.79. The quantitative estimate of drug-likeness (QED) is 0.848. The molecular formula is C17H18F3N3O2. The summed E-state index contributed by atoms with van der Waals surface area (Å²) < 4.78 is 44.6. The summed E-state index contributed by atoms with van der Waals surface area (Å²) in [5.41, 5.74) is -0.326. The first kappa shape index (κ1) is 17.3. The van der Waals surface area contributed by atoms with E-state index in [0.717, 1.165) is 6.07 Å². The third kappa shape index (κ3) is 3.62. The zero-order valence-corrected chi connectivity index (χ0v) is 13.7. The molecule has 2 aromatic rings. The van der Waals surface area contributed by atoms with Crippen molar-refractivity contribution in [1.29, 1.82) is 0 Å². The van der Waals surface area contributed by atoms with E-state index in [-0.39, 0.29) is 17.8 Å². The number of alkyl halides is 3. The van der Waals surface area contributed by atoms with Crippen molar-refractivity contribution >= 4 is 11.7 Å². The van der Waals surface area contributed by atoms with Crippen LogP contribution in [0.2, 0.25) is 0 Å². The van der Waals surface area contributed by atoms with E-state index in [2.05, 4.69) is 4.98 Å². The van der Waals surface area contributed by atoms with Crippen LogP contribution in [0.3, 0.4) is 0 Å². The average Bonchev–Trinajstić information content (AvgIpc) is 3.14. The molecule has 1 fully saturated rings. The van der Waals surface area contributed by atoms with Crippen molar-refractivity contribution < 1.29 is 22.4 Å². The van der Waals surface area contributed by atoms with Gasteiger partial charge in [-0.2, -0.15) is 13.2 Å². The fourth-order valence-corrected chi connectivity index (χ4v) is 3.10. The summed E-state index contributed by atoms with van der Waals surface area (Å²) in [6.45, 7) is 0.914. The zero-order chi connectivity index (χ0) is 18.0. The molecular weight excluding hydrogens is 335 g/mol. The van der Waals surface area contributed by atoms with Gasteiger partial charge in [0.2, 0.25) is 0 Å². The van der Waals surface area contributed by atoms with E-state index < -0.39 is 11.7 Å². The van der Waals surface area contributed by atoms with Gasteiger partial charge in [0.05, 0.1) is 17.4 Å². The average molecular weight is 353 g/mol. The fraction of sp³-hybridized carbons (Fsp3) is 0.412.